The quantitative estimate of drug-likeness (QED) is 0.915. The van der Waals surface area contributed by atoms with Gasteiger partial charge in [-0.1, -0.05) is 29.3 Å². The van der Waals surface area contributed by atoms with Crippen molar-refractivity contribution in [1.82, 2.24) is 14.7 Å². The van der Waals surface area contributed by atoms with E-state index in [2.05, 4.69) is 5.10 Å². The van der Waals surface area contributed by atoms with Crippen molar-refractivity contribution in [3.8, 4) is 0 Å². The van der Waals surface area contributed by atoms with Crippen LogP contribution in [0.4, 0.5) is 4.39 Å². The Balaban J connectivity index is 2.39. The zero-order valence-corrected chi connectivity index (χ0v) is 13.2. The van der Waals surface area contributed by atoms with E-state index >= 15 is 0 Å². The number of aliphatic hydroxyl groups excluding tert-OH is 1. The third-order valence-corrected chi connectivity index (χ3v) is 3.75. The lowest BCUT2D eigenvalue weighted by molar-refractivity contribution is 0.201. The summed E-state index contributed by atoms with van der Waals surface area (Å²) in [5.74, 6) is -0.577. The maximum Gasteiger partial charge on any atom is 0.130 e. The molecule has 1 aromatic heterocycles. The second kappa shape index (κ2) is 6.75. The van der Waals surface area contributed by atoms with Crippen molar-refractivity contribution in [1.29, 1.82) is 0 Å². The van der Waals surface area contributed by atoms with Gasteiger partial charge in [0.25, 0.3) is 0 Å². The highest BCUT2D eigenvalue weighted by molar-refractivity contribution is 6.32. The van der Waals surface area contributed by atoms with Crippen LogP contribution in [-0.2, 0) is 6.54 Å². The van der Waals surface area contributed by atoms with Crippen molar-refractivity contribution < 1.29 is 9.50 Å². The molecule has 1 aromatic carbocycles. The molecule has 0 radical (unpaired) electrons. The number of benzene rings is 1. The smallest absolute Gasteiger partial charge is 0.130 e. The number of hydrogen-bond acceptors (Lipinski definition) is 3. The van der Waals surface area contributed by atoms with Crippen LogP contribution < -0.4 is 0 Å². The summed E-state index contributed by atoms with van der Waals surface area (Å²) in [6, 6.07) is 4.26. The first-order valence-corrected chi connectivity index (χ1v) is 7.15. The topological polar surface area (TPSA) is 41.3 Å². The van der Waals surface area contributed by atoms with Crippen molar-refractivity contribution in [3.63, 3.8) is 0 Å². The highest BCUT2D eigenvalue weighted by Gasteiger charge is 2.24. The summed E-state index contributed by atoms with van der Waals surface area (Å²) in [6.07, 6.45) is 0.167. The van der Waals surface area contributed by atoms with E-state index in [1.54, 1.807) is 4.68 Å². The first-order chi connectivity index (χ1) is 9.91. The molecule has 2 rings (SSSR count). The fourth-order valence-corrected chi connectivity index (χ4v) is 2.54. The summed E-state index contributed by atoms with van der Waals surface area (Å²) in [5, 5.41) is 15.0. The van der Waals surface area contributed by atoms with E-state index in [0.717, 1.165) is 0 Å². The molecule has 1 atom stereocenters. The highest BCUT2D eigenvalue weighted by atomic mass is 35.5. The Morgan fingerprint density at radius 3 is 2.67 bits per heavy atom. The minimum Gasteiger partial charge on any atom is -0.382 e. The van der Waals surface area contributed by atoms with E-state index in [1.165, 1.54) is 24.4 Å². The number of aromatic nitrogens is 2. The lowest BCUT2D eigenvalue weighted by atomic mass is 10.1. The molecule has 4 nitrogen and oxygen atoms in total. The molecule has 0 aliphatic rings. The lowest BCUT2D eigenvalue weighted by Gasteiger charge is -2.17. The van der Waals surface area contributed by atoms with Gasteiger partial charge in [-0.15, -0.1) is 0 Å². The van der Waals surface area contributed by atoms with Crippen LogP contribution in [-0.4, -0.2) is 40.4 Å². The number of halogens is 3. The van der Waals surface area contributed by atoms with Gasteiger partial charge >= 0.3 is 0 Å². The molecule has 1 heterocycles. The average Bonchev–Trinajstić information content (AvgIpc) is 2.77. The molecular formula is C14H16Cl2FN3O. The molecule has 7 heteroatoms. The summed E-state index contributed by atoms with van der Waals surface area (Å²) in [5.41, 5.74) is 0.346. The number of aliphatic hydroxyl groups is 1. The molecule has 0 saturated heterocycles. The monoisotopic (exact) mass is 331 g/mol. The number of likely N-dealkylation sites (N-methyl/N-ethyl adjacent to an activating group) is 1. The van der Waals surface area contributed by atoms with Gasteiger partial charge in [-0.25, -0.2) is 4.39 Å². The minimum atomic E-state index is -1.27. The van der Waals surface area contributed by atoms with Gasteiger partial charge in [0, 0.05) is 17.1 Å². The Bertz CT molecular complexity index is 610. The molecule has 1 unspecified atom stereocenters. The molecule has 1 N–H and O–H groups in total. The predicted octanol–water partition coefficient (Wildman–Crippen LogP) is 2.97. The summed E-state index contributed by atoms with van der Waals surface area (Å²) >= 11 is 12.1. The Morgan fingerprint density at radius 2 is 2.05 bits per heavy atom. The van der Waals surface area contributed by atoms with Crippen LogP contribution >= 0.6 is 23.2 Å². The van der Waals surface area contributed by atoms with E-state index in [4.69, 9.17) is 23.2 Å². The van der Waals surface area contributed by atoms with E-state index in [0.29, 0.717) is 18.8 Å². The van der Waals surface area contributed by atoms with Crippen molar-refractivity contribution in [2.24, 2.45) is 0 Å². The summed E-state index contributed by atoms with van der Waals surface area (Å²) < 4.78 is 15.5. The first-order valence-electron chi connectivity index (χ1n) is 6.39. The van der Waals surface area contributed by atoms with Crippen LogP contribution in [0.25, 0.3) is 0 Å². The number of hydrogen-bond donors (Lipinski definition) is 1. The minimum absolute atomic E-state index is 0.00710. The Kier molecular flexibility index (Phi) is 5.22. The van der Waals surface area contributed by atoms with Crippen molar-refractivity contribution >= 4 is 23.2 Å². The van der Waals surface area contributed by atoms with Crippen LogP contribution in [0.1, 0.15) is 17.4 Å². The number of nitrogens with zero attached hydrogens (tertiary/aromatic N) is 3. The maximum absolute atomic E-state index is 13.9. The first kappa shape index (κ1) is 16.2. The van der Waals surface area contributed by atoms with Crippen LogP contribution in [0.15, 0.2) is 24.4 Å². The van der Waals surface area contributed by atoms with Gasteiger partial charge in [0.15, 0.2) is 0 Å². The molecule has 114 valence electrons. The Hall–Kier alpha value is -1.14. The van der Waals surface area contributed by atoms with E-state index in [-0.39, 0.29) is 15.6 Å². The lowest BCUT2D eigenvalue weighted by Crippen LogP contribution is -2.21. The largest absolute Gasteiger partial charge is 0.382 e. The van der Waals surface area contributed by atoms with Crippen LogP contribution in [0.3, 0.4) is 0 Å². The zero-order valence-electron chi connectivity index (χ0n) is 11.7. The Labute approximate surface area is 132 Å². The van der Waals surface area contributed by atoms with Gasteiger partial charge in [0.1, 0.15) is 11.9 Å². The maximum atomic E-state index is 13.9. The third kappa shape index (κ3) is 3.55. The van der Waals surface area contributed by atoms with Crippen LogP contribution in [0, 0.1) is 5.82 Å². The van der Waals surface area contributed by atoms with Gasteiger partial charge in [-0.05, 0) is 26.2 Å². The van der Waals surface area contributed by atoms with Gasteiger partial charge in [-0.3, -0.25) is 4.68 Å². The molecule has 0 bridgehead atoms. The van der Waals surface area contributed by atoms with Gasteiger partial charge in [-0.2, -0.15) is 5.10 Å². The molecule has 21 heavy (non-hydrogen) atoms. The fourth-order valence-electron chi connectivity index (χ4n) is 2.03. The van der Waals surface area contributed by atoms with E-state index < -0.39 is 11.9 Å². The third-order valence-electron chi connectivity index (χ3n) is 3.12. The molecule has 0 fully saturated rings. The molecular weight excluding hydrogens is 316 g/mol. The molecule has 0 amide bonds. The molecule has 0 spiro atoms. The molecule has 0 saturated carbocycles. The normalized spacial score (nSPS) is 12.9. The van der Waals surface area contributed by atoms with Crippen LogP contribution in [0.2, 0.25) is 10.0 Å². The number of rotatable bonds is 5. The van der Waals surface area contributed by atoms with Crippen molar-refractivity contribution in [2.75, 3.05) is 20.6 Å². The Morgan fingerprint density at radius 1 is 1.33 bits per heavy atom. The van der Waals surface area contributed by atoms with Crippen molar-refractivity contribution in [3.05, 3.63) is 51.5 Å². The summed E-state index contributed by atoms with van der Waals surface area (Å²) in [4.78, 5) is 1.97. The van der Waals surface area contributed by atoms with Gasteiger partial charge < -0.3 is 10.0 Å². The standard InChI is InChI=1S/C14H16Cl2FN3O/c1-19(2)6-7-20-13(10(16)8-18-20)14(21)12-9(15)4-3-5-11(12)17/h3-5,8,14,21H,6-7H2,1-2H3. The predicted molar refractivity (Wildman–Crippen MR) is 81.3 cm³/mol. The molecule has 2 aromatic rings. The van der Waals surface area contributed by atoms with Gasteiger partial charge in [0.05, 0.1) is 23.5 Å². The highest BCUT2D eigenvalue weighted by Crippen LogP contribution is 2.33. The van der Waals surface area contributed by atoms with Crippen molar-refractivity contribution in [2.45, 2.75) is 12.6 Å². The second-order valence-electron chi connectivity index (χ2n) is 4.94. The SMILES string of the molecule is CN(C)CCn1ncc(Cl)c1C(O)c1c(F)cccc1Cl. The van der Waals surface area contributed by atoms with E-state index in [9.17, 15) is 9.50 Å². The second-order valence-corrected chi connectivity index (χ2v) is 5.76. The van der Waals surface area contributed by atoms with E-state index in [1.807, 2.05) is 19.0 Å². The van der Waals surface area contributed by atoms with Crippen LogP contribution in [0.5, 0.6) is 0 Å². The molecule has 0 aliphatic carbocycles. The average molecular weight is 332 g/mol. The fraction of sp³-hybridized carbons (Fsp3) is 0.357. The molecule has 0 aliphatic heterocycles. The van der Waals surface area contributed by atoms with Gasteiger partial charge in [0.2, 0.25) is 0 Å². The summed E-state index contributed by atoms with van der Waals surface area (Å²) in [6.45, 7) is 1.24. The summed E-state index contributed by atoms with van der Waals surface area (Å²) in [7, 11) is 3.85. The zero-order chi connectivity index (χ0) is 15.6.